The van der Waals surface area contributed by atoms with Crippen LogP contribution in [0, 0.1) is 0 Å². The minimum atomic E-state index is -0.0924. The number of nitrogen functional groups attached to an aromatic ring is 1. The molecule has 0 spiro atoms. The zero-order valence-corrected chi connectivity index (χ0v) is 11.6. The average molecular weight is 298 g/mol. The van der Waals surface area contributed by atoms with Gasteiger partial charge in [0.15, 0.2) is 5.58 Å². The molecule has 0 bridgehead atoms. The molecule has 0 atom stereocenters. The van der Waals surface area contributed by atoms with Crippen molar-refractivity contribution in [1.82, 2.24) is 14.5 Å². The highest BCUT2D eigenvalue weighted by atomic mass is 32.1. The third-order valence-electron chi connectivity index (χ3n) is 3.24. The van der Waals surface area contributed by atoms with Gasteiger partial charge in [0.2, 0.25) is 5.89 Å². The lowest BCUT2D eigenvalue weighted by molar-refractivity contribution is 0.503. The summed E-state index contributed by atoms with van der Waals surface area (Å²) in [5.74, 6) is 0.433. The number of hydrogen-bond acceptors (Lipinski definition) is 6. The maximum absolute atomic E-state index is 12.3. The number of nitrogens with two attached hydrogens (primary N) is 1. The summed E-state index contributed by atoms with van der Waals surface area (Å²) in [6.07, 6.45) is 1.51. The van der Waals surface area contributed by atoms with Crippen molar-refractivity contribution in [3.05, 3.63) is 52.2 Å². The van der Waals surface area contributed by atoms with Crippen LogP contribution in [0.5, 0.6) is 0 Å². The quantitative estimate of drug-likeness (QED) is 0.573. The van der Waals surface area contributed by atoms with Crippen LogP contribution in [0.25, 0.3) is 21.3 Å². The van der Waals surface area contributed by atoms with Crippen molar-refractivity contribution < 1.29 is 4.42 Å². The average Bonchev–Trinajstić information content (AvgIpc) is 3.09. The molecule has 0 unspecified atom stereocenters. The minimum absolute atomic E-state index is 0.0924. The zero-order valence-electron chi connectivity index (χ0n) is 10.8. The number of rotatable bonds is 2. The predicted molar refractivity (Wildman–Crippen MR) is 81.4 cm³/mol. The van der Waals surface area contributed by atoms with Crippen molar-refractivity contribution in [2.45, 2.75) is 6.54 Å². The first-order valence-corrected chi connectivity index (χ1v) is 7.17. The molecule has 4 rings (SSSR count). The van der Waals surface area contributed by atoms with Crippen LogP contribution < -0.4 is 11.3 Å². The number of nitrogens with zero attached hydrogens (tertiary/aromatic N) is 3. The second-order valence-corrected chi connectivity index (χ2v) is 5.53. The highest BCUT2D eigenvalue weighted by Gasteiger charge is 2.11. The molecule has 1 aromatic carbocycles. The first kappa shape index (κ1) is 12.1. The summed E-state index contributed by atoms with van der Waals surface area (Å²) >= 11 is 1.38. The summed E-state index contributed by atoms with van der Waals surface area (Å²) in [6, 6.07) is 7.19. The molecule has 0 aliphatic rings. The Bertz CT molecular complexity index is 1010. The molecule has 0 aliphatic carbocycles. The van der Waals surface area contributed by atoms with Crippen LogP contribution in [-0.4, -0.2) is 14.5 Å². The topological polar surface area (TPSA) is 86.9 Å². The van der Waals surface area contributed by atoms with Crippen molar-refractivity contribution >= 4 is 38.3 Å². The van der Waals surface area contributed by atoms with Gasteiger partial charge < -0.3 is 10.2 Å². The van der Waals surface area contributed by atoms with E-state index in [4.69, 9.17) is 10.2 Å². The Morgan fingerprint density at radius 1 is 1.33 bits per heavy atom. The number of aromatic nitrogens is 3. The monoisotopic (exact) mass is 298 g/mol. The largest absolute Gasteiger partial charge is 0.439 e. The van der Waals surface area contributed by atoms with E-state index in [1.807, 2.05) is 11.4 Å². The van der Waals surface area contributed by atoms with Crippen molar-refractivity contribution in [3.8, 4) is 0 Å². The van der Waals surface area contributed by atoms with Crippen LogP contribution in [0.1, 0.15) is 5.89 Å². The first-order chi connectivity index (χ1) is 10.2. The Hall–Kier alpha value is -2.67. The highest BCUT2D eigenvalue weighted by molar-refractivity contribution is 7.17. The smallest absolute Gasteiger partial charge is 0.271 e. The van der Waals surface area contributed by atoms with Crippen LogP contribution in [-0.2, 0) is 6.54 Å². The Balaban J connectivity index is 1.80. The Kier molecular flexibility index (Phi) is 2.55. The molecule has 21 heavy (non-hydrogen) atoms. The number of anilines is 1. The molecule has 0 radical (unpaired) electrons. The van der Waals surface area contributed by atoms with Crippen LogP contribution in [0.15, 0.2) is 45.2 Å². The van der Waals surface area contributed by atoms with Gasteiger partial charge in [0.25, 0.3) is 5.56 Å². The van der Waals surface area contributed by atoms with Gasteiger partial charge in [-0.1, -0.05) is 6.07 Å². The fourth-order valence-corrected chi connectivity index (χ4v) is 3.01. The number of benzene rings is 1. The van der Waals surface area contributed by atoms with Crippen molar-refractivity contribution in [2.24, 2.45) is 0 Å². The third-order valence-corrected chi connectivity index (χ3v) is 4.13. The normalized spacial score (nSPS) is 11.4. The van der Waals surface area contributed by atoms with Gasteiger partial charge in [-0.3, -0.25) is 9.36 Å². The van der Waals surface area contributed by atoms with Gasteiger partial charge in [-0.2, -0.15) is 0 Å². The van der Waals surface area contributed by atoms with E-state index in [1.165, 1.54) is 22.2 Å². The summed E-state index contributed by atoms with van der Waals surface area (Å²) < 4.78 is 7.74. The second-order valence-electron chi connectivity index (χ2n) is 4.61. The lowest BCUT2D eigenvalue weighted by atomic mass is 10.3. The number of oxazole rings is 1. The Morgan fingerprint density at radius 3 is 3.10 bits per heavy atom. The summed E-state index contributed by atoms with van der Waals surface area (Å²) in [7, 11) is 0. The first-order valence-electron chi connectivity index (χ1n) is 6.29. The highest BCUT2D eigenvalue weighted by Crippen LogP contribution is 2.21. The van der Waals surface area contributed by atoms with Crippen LogP contribution in [0.3, 0.4) is 0 Å². The summed E-state index contributed by atoms with van der Waals surface area (Å²) in [5.41, 5.74) is 8.26. The molecule has 6 nitrogen and oxygen atoms in total. The van der Waals surface area contributed by atoms with Gasteiger partial charge in [0.05, 0.1) is 17.5 Å². The van der Waals surface area contributed by atoms with Gasteiger partial charge >= 0.3 is 0 Å². The molecule has 4 aromatic rings. The van der Waals surface area contributed by atoms with Gasteiger partial charge in [-0.05, 0) is 23.6 Å². The molecule has 7 heteroatoms. The van der Waals surface area contributed by atoms with E-state index in [0.717, 1.165) is 0 Å². The third kappa shape index (κ3) is 1.90. The van der Waals surface area contributed by atoms with E-state index in [1.54, 1.807) is 18.2 Å². The SMILES string of the molecule is Nc1cccc2oc(Cn3cnc4ccsc4c3=O)nc12. The van der Waals surface area contributed by atoms with E-state index < -0.39 is 0 Å². The number of thiophene rings is 1. The summed E-state index contributed by atoms with van der Waals surface area (Å²) in [4.78, 5) is 20.9. The van der Waals surface area contributed by atoms with Crippen molar-refractivity contribution in [2.75, 3.05) is 5.73 Å². The van der Waals surface area contributed by atoms with Gasteiger partial charge in [-0.15, -0.1) is 11.3 Å². The fourth-order valence-electron chi connectivity index (χ4n) is 2.22. The lowest BCUT2D eigenvalue weighted by Crippen LogP contribution is -2.20. The van der Waals surface area contributed by atoms with Crippen molar-refractivity contribution in [1.29, 1.82) is 0 Å². The Morgan fingerprint density at radius 2 is 2.24 bits per heavy atom. The van der Waals surface area contributed by atoms with Crippen LogP contribution >= 0.6 is 11.3 Å². The number of para-hydroxylation sites is 1. The van der Waals surface area contributed by atoms with E-state index in [-0.39, 0.29) is 12.1 Å². The van der Waals surface area contributed by atoms with Crippen LogP contribution in [0.2, 0.25) is 0 Å². The Labute approximate surface area is 122 Å². The molecule has 3 heterocycles. The second kappa shape index (κ2) is 4.42. The van der Waals surface area contributed by atoms with E-state index in [0.29, 0.717) is 32.9 Å². The fraction of sp³-hybridized carbons (Fsp3) is 0.0714. The molecule has 0 saturated heterocycles. The van der Waals surface area contributed by atoms with E-state index >= 15 is 0 Å². The zero-order chi connectivity index (χ0) is 14.4. The maximum Gasteiger partial charge on any atom is 0.271 e. The molecule has 0 amide bonds. The molecule has 0 fully saturated rings. The lowest BCUT2D eigenvalue weighted by Gasteiger charge is -2.00. The molecular weight excluding hydrogens is 288 g/mol. The van der Waals surface area contributed by atoms with Gasteiger partial charge in [0, 0.05) is 0 Å². The molecule has 0 aliphatic heterocycles. The standard InChI is InChI=1S/C14H10N4O2S/c15-8-2-1-3-10-12(8)17-11(20-10)6-18-7-16-9-4-5-21-13(9)14(18)19/h1-5,7H,6,15H2. The van der Waals surface area contributed by atoms with Gasteiger partial charge in [-0.25, -0.2) is 9.97 Å². The van der Waals surface area contributed by atoms with Gasteiger partial charge in [0.1, 0.15) is 16.8 Å². The number of fused-ring (bicyclic) bond motifs is 2. The number of hydrogen-bond donors (Lipinski definition) is 1. The minimum Gasteiger partial charge on any atom is -0.439 e. The summed E-state index contributed by atoms with van der Waals surface area (Å²) in [6.45, 7) is 0.230. The molecule has 3 aromatic heterocycles. The molecule has 104 valence electrons. The molecule has 0 saturated carbocycles. The maximum atomic E-state index is 12.3. The summed E-state index contributed by atoms with van der Waals surface area (Å²) in [5, 5.41) is 1.85. The van der Waals surface area contributed by atoms with Crippen molar-refractivity contribution in [3.63, 3.8) is 0 Å². The van der Waals surface area contributed by atoms with E-state index in [9.17, 15) is 4.79 Å². The van der Waals surface area contributed by atoms with E-state index in [2.05, 4.69) is 9.97 Å². The molecular formula is C14H10N4O2S. The van der Waals surface area contributed by atoms with Crippen LogP contribution in [0.4, 0.5) is 5.69 Å². The predicted octanol–water partition coefficient (Wildman–Crippen LogP) is 2.23. The molecule has 2 N–H and O–H groups in total.